The SMILES string of the molecule is CCOC(Cc1ccc(OCCN2c3ccccc3Oc3ccccc32)cc1)C(=O)ONCc1ccccc1. The third kappa shape index (κ3) is 6.76. The molecular weight excluding hydrogens is 492 g/mol. The van der Waals surface area contributed by atoms with Crippen LogP contribution in [0.25, 0.3) is 0 Å². The highest BCUT2D eigenvalue weighted by atomic mass is 16.7. The van der Waals surface area contributed by atoms with Crippen LogP contribution in [0.4, 0.5) is 11.4 Å². The Morgan fingerprint density at radius 1 is 0.821 bits per heavy atom. The molecule has 4 aromatic carbocycles. The van der Waals surface area contributed by atoms with E-state index in [2.05, 4.69) is 22.5 Å². The van der Waals surface area contributed by atoms with Crippen molar-refractivity contribution in [3.63, 3.8) is 0 Å². The lowest BCUT2D eigenvalue weighted by molar-refractivity contribution is -0.165. The monoisotopic (exact) mass is 524 g/mol. The van der Waals surface area contributed by atoms with Crippen molar-refractivity contribution in [3.05, 3.63) is 114 Å². The zero-order valence-corrected chi connectivity index (χ0v) is 21.9. The van der Waals surface area contributed by atoms with Crippen LogP contribution in [0.1, 0.15) is 18.1 Å². The van der Waals surface area contributed by atoms with Crippen LogP contribution < -0.4 is 19.9 Å². The van der Waals surface area contributed by atoms with Gasteiger partial charge in [0.05, 0.1) is 24.5 Å². The Morgan fingerprint density at radius 3 is 2.13 bits per heavy atom. The summed E-state index contributed by atoms with van der Waals surface area (Å²) in [6, 6.07) is 33.5. The Bertz CT molecular complexity index is 1320. The largest absolute Gasteiger partial charge is 0.492 e. The first-order valence-electron chi connectivity index (χ1n) is 13.2. The molecule has 7 heteroatoms. The molecule has 1 aliphatic heterocycles. The van der Waals surface area contributed by atoms with Crippen molar-refractivity contribution in [1.82, 2.24) is 5.48 Å². The average molecular weight is 525 g/mol. The maximum absolute atomic E-state index is 12.6. The molecule has 5 rings (SSSR count). The van der Waals surface area contributed by atoms with Gasteiger partial charge in [-0.05, 0) is 54.4 Å². The summed E-state index contributed by atoms with van der Waals surface area (Å²) in [7, 11) is 0. The minimum Gasteiger partial charge on any atom is -0.492 e. The van der Waals surface area contributed by atoms with Gasteiger partial charge in [0.2, 0.25) is 0 Å². The van der Waals surface area contributed by atoms with Crippen LogP contribution in [-0.2, 0) is 27.3 Å². The van der Waals surface area contributed by atoms with E-state index in [0.29, 0.717) is 32.7 Å². The van der Waals surface area contributed by atoms with Crippen molar-refractivity contribution in [2.24, 2.45) is 0 Å². The third-order valence-electron chi connectivity index (χ3n) is 6.38. The summed E-state index contributed by atoms with van der Waals surface area (Å²) in [5, 5.41) is 0. The minimum absolute atomic E-state index is 0.404. The van der Waals surface area contributed by atoms with E-state index in [9.17, 15) is 4.79 Å². The van der Waals surface area contributed by atoms with Crippen molar-refractivity contribution in [2.45, 2.75) is 26.0 Å². The summed E-state index contributed by atoms with van der Waals surface area (Å²) in [5.41, 5.74) is 6.75. The van der Waals surface area contributed by atoms with Gasteiger partial charge in [0.1, 0.15) is 12.4 Å². The van der Waals surface area contributed by atoms with Crippen LogP contribution in [0.3, 0.4) is 0 Å². The Hall–Kier alpha value is -4.33. The molecule has 39 heavy (non-hydrogen) atoms. The fraction of sp³-hybridized carbons (Fsp3) is 0.219. The number of fused-ring (bicyclic) bond motifs is 2. The van der Waals surface area contributed by atoms with Crippen molar-refractivity contribution >= 4 is 17.3 Å². The molecule has 1 atom stereocenters. The number of hydrogen-bond donors (Lipinski definition) is 1. The standard InChI is InChI=1S/C32H32N2O5/c1-2-36-31(32(35)39-33-23-25-10-4-3-5-11-25)22-24-16-18-26(19-17-24)37-21-20-34-27-12-6-8-14-29(27)38-30-15-9-7-13-28(30)34/h3-19,31,33H,2,20-23H2,1H3. The summed E-state index contributed by atoms with van der Waals surface area (Å²) in [5.74, 6) is 1.98. The van der Waals surface area contributed by atoms with E-state index in [0.717, 1.165) is 39.8 Å². The smallest absolute Gasteiger partial charge is 0.354 e. The van der Waals surface area contributed by atoms with Crippen LogP contribution in [0, 0.1) is 0 Å². The maximum atomic E-state index is 12.6. The van der Waals surface area contributed by atoms with Crippen LogP contribution in [0.15, 0.2) is 103 Å². The average Bonchev–Trinajstić information content (AvgIpc) is 2.98. The van der Waals surface area contributed by atoms with E-state index < -0.39 is 12.1 Å². The molecule has 0 aliphatic carbocycles. The molecule has 0 radical (unpaired) electrons. The van der Waals surface area contributed by atoms with Gasteiger partial charge in [-0.1, -0.05) is 66.7 Å². The van der Waals surface area contributed by atoms with Crippen molar-refractivity contribution in [2.75, 3.05) is 24.7 Å². The first-order chi connectivity index (χ1) is 19.2. The molecule has 1 unspecified atom stereocenters. The quantitative estimate of drug-likeness (QED) is 0.221. The van der Waals surface area contributed by atoms with E-state index in [1.54, 1.807) is 0 Å². The van der Waals surface area contributed by atoms with Crippen molar-refractivity contribution < 1.29 is 23.8 Å². The van der Waals surface area contributed by atoms with Gasteiger partial charge in [0.15, 0.2) is 17.6 Å². The topological polar surface area (TPSA) is 69.3 Å². The zero-order chi connectivity index (χ0) is 26.9. The molecule has 1 heterocycles. The molecule has 1 aliphatic rings. The highest BCUT2D eigenvalue weighted by Crippen LogP contribution is 2.45. The van der Waals surface area contributed by atoms with E-state index in [4.69, 9.17) is 19.0 Å². The second-order valence-corrected chi connectivity index (χ2v) is 9.06. The van der Waals surface area contributed by atoms with E-state index in [1.165, 1.54) is 0 Å². The molecule has 1 N–H and O–H groups in total. The van der Waals surface area contributed by atoms with Gasteiger partial charge in [0.25, 0.3) is 0 Å². The summed E-state index contributed by atoms with van der Waals surface area (Å²) in [6.07, 6.45) is -0.298. The summed E-state index contributed by atoms with van der Waals surface area (Å²) in [6.45, 7) is 3.85. The second-order valence-electron chi connectivity index (χ2n) is 9.06. The Kier molecular flexibility index (Phi) is 8.73. The molecular formula is C32H32N2O5. The number of anilines is 2. The summed E-state index contributed by atoms with van der Waals surface area (Å²) < 4.78 is 17.8. The zero-order valence-electron chi connectivity index (χ0n) is 21.9. The summed E-state index contributed by atoms with van der Waals surface area (Å²) in [4.78, 5) is 20.1. The molecule has 7 nitrogen and oxygen atoms in total. The molecule has 0 fully saturated rings. The molecule has 200 valence electrons. The van der Waals surface area contributed by atoms with Crippen LogP contribution >= 0.6 is 0 Å². The van der Waals surface area contributed by atoms with Crippen molar-refractivity contribution in [1.29, 1.82) is 0 Å². The van der Waals surface area contributed by atoms with Crippen LogP contribution in [-0.4, -0.2) is 31.8 Å². The number of benzene rings is 4. The fourth-order valence-corrected chi connectivity index (χ4v) is 4.48. The Balaban J connectivity index is 1.14. The number of nitrogens with one attached hydrogen (secondary N) is 1. The van der Waals surface area contributed by atoms with Gasteiger partial charge in [-0.3, -0.25) is 0 Å². The number of para-hydroxylation sites is 4. The number of ether oxygens (including phenoxy) is 3. The molecule has 0 saturated carbocycles. The number of hydrogen-bond acceptors (Lipinski definition) is 7. The highest BCUT2D eigenvalue weighted by molar-refractivity contribution is 5.77. The van der Waals surface area contributed by atoms with Crippen LogP contribution in [0.2, 0.25) is 0 Å². The molecule has 0 spiro atoms. The van der Waals surface area contributed by atoms with Gasteiger partial charge in [-0.15, -0.1) is 5.48 Å². The lowest BCUT2D eigenvalue weighted by Gasteiger charge is -2.32. The fourth-order valence-electron chi connectivity index (χ4n) is 4.48. The van der Waals surface area contributed by atoms with Gasteiger partial charge in [-0.25, -0.2) is 4.79 Å². The van der Waals surface area contributed by atoms with Gasteiger partial charge >= 0.3 is 5.97 Å². The van der Waals surface area contributed by atoms with Gasteiger partial charge in [0, 0.05) is 13.0 Å². The van der Waals surface area contributed by atoms with Crippen LogP contribution in [0.5, 0.6) is 17.2 Å². The number of carbonyl (C=O) groups excluding carboxylic acids is 1. The number of nitrogens with zero attached hydrogens (tertiary/aromatic N) is 1. The molecule has 0 bridgehead atoms. The Labute approximate surface area is 228 Å². The highest BCUT2D eigenvalue weighted by Gasteiger charge is 2.24. The molecule has 4 aromatic rings. The first kappa shape index (κ1) is 26.3. The third-order valence-corrected chi connectivity index (χ3v) is 6.38. The molecule has 0 saturated heterocycles. The van der Waals surface area contributed by atoms with Gasteiger partial charge in [-0.2, -0.15) is 0 Å². The van der Waals surface area contributed by atoms with E-state index in [-0.39, 0.29) is 0 Å². The summed E-state index contributed by atoms with van der Waals surface area (Å²) >= 11 is 0. The minimum atomic E-state index is -0.702. The second kappa shape index (κ2) is 13.0. The van der Waals surface area contributed by atoms with Gasteiger partial charge < -0.3 is 23.9 Å². The van der Waals surface area contributed by atoms with E-state index >= 15 is 0 Å². The normalized spacial score (nSPS) is 12.6. The predicted octanol–water partition coefficient (Wildman–Crippen LogP) is 6.21. The number of carbonyl (C=O) groups is 1. The molecule has 0 aromatic heterocycles. The number of rotatable bonds is 12. The van der Waals surface area contributed by atoms with Crippen molar-refractivity contribution in [3.8, 4) is 17.2 Å². The number of hydroxylamine groups is 1. The lowest BCUT2D eigenvalue weighted by Crippen LogP contribution is -2.33. The maximum Gasteiger partial charge on any atom is 0.354 e. The molecule has 0 amide bonds. The Morgan fingerprint density at radius 2 is 1.46 bits per heavy atom. The lowest BCUT2D eigenvalue weighted by atomic mass is 10.1. The predicted molar refractivity (Wildman–Crippen MR) is 150 cm³/mol. The first-order valence-corrected chi connectivity index (χ1v) is 13.2. The van der Waals surface area contributed by atoms with E-state index in [1.807, 2.05) is 97.9 Å².